The summed E-state index contributed by atoms with van der Waals surface area (Å²) >= 11 is 6.05. The van der Waals surface area contributed by atoms with Crippen LogP contribution in [0.25, 0.3) is 11.0 Å². The van der Waals surface area contributed by atoms with Crippen LogP contribution in [0.1, 0.15) is 50.4 Å². The van der Waals surface area contributed by atoms with Gasteiger partial charge in [-0.25, -0.2) is 8.78 Å². The zero-order valence-corrected chi connectivity index (χ0v) is 22.3. The van der Waals surface area contributed by atoms with Crippen molar-refractivity contribution in [3.63, 3.8) is 0 Å². The number of amides is 2. The summed E-state index contributed by atoms with van der Waals surface area (Å²) in [5.41, 5.74) is 1.67. The first kappa shape index (κ1) is 27.5. The molecule has 1 saturated heterocycles. The van der Waals surface area contributed by atoms with E-state index in [0.717, 1.165) is 5.56 Å². The number of nitrogens with zero attached hydrogens (tertiary/aromatic N) is 1. The summed E-state index contributed by atoms with van der Waals surface area (Å²) < 4.78 is 32.5. The minimum atomic E-state index is -0.804. The lowest BCUT2D eigenvalue weighted by Crippen LogP contribution is -2.52. The van der Waals surface area contributed by atoms with Gasteiger partial charge in [0, 0.05) is 35.3 Å². The van der Waals surface area contributed by atoms with Gasteiger partial charge in [-0.2, -0.15) is 0 Å². The van der Waals surface area contributed by atoms with Crippen molar-refractivity contribution in [3.05, 3.63) is 116 Å². The topological polar surface area (TPSA) is 79.6 Å². The van der Waals surface area contributed by atoms with Gasteiger partial charge in [0.05, 0.1) is 5.39 Å². The van der Waals surface area contributed by atoms with Crippen molar-refractivity contribution in [1.82, 2.24) is 10.2 Å². The van der Waals surface area contributed by atoms with Crippen LogP contribution >= 0.6 is 11.6 Å². The Balaban J connectivity index is 1.38. The molecule has 0 bridgehead atoms. The molecule has 6 nitrogen and oxygen atoms in total. The van der Waals surface area contributed by atoms with Crippen LogP contribution in [0.3, 0.4) is 0 Å². The number of fused-ring (bicyclic) bond motifs is 1. The first-order chi connectivity index (χ1) is 19.3. The molecule has 40 heavy (non-hydrogen) atoms. The molecule has 2 unspecified atom stereocenters. The average Bonchev–Trinajstić information content (AvgIpc) is 2.97. The maximum Gasteiger partial charge on any atom is 0.287 e. The predicted molar refractivity (Wildman–Crippen MR) is 149 cm³/mol. The third-order valence-corrected chi connectivity index (χ3v) is 7.42. The van der Waals surface area contributed by atoms with Crippen molar-refractivity contribution < 1.29 is 22.8 Å². The Morgan fingerprint density at radius 1 is 0.950 bits per heavy atom. The fourth-order valence-corrected chi connectivity index (χ4v) is 5.34. The highest BCUT2D eigenvalue weighted by molar-refractivity contribution is 6.30. The van der Waals surface area contributed by atoms with E-state index in [2.05, 4.69) is 5.32 Å². The van der Waals surface area contributed by atoms with E-state index >= 15 is 0 Å². The Morgan fingerprint density at radius 3 is 2.35 bits per heavy atom. The molecule has 0 radical (unpaired) electrons. The molecular formula is C31H27ClF2N2O4. The molecule has 1 aliphatic rings. The molecule has 5 rings (SSSR count). The average molecular weight is 565 g/mol. The predicted octanol–water partition coefficient (Wildman–Crippen LogP) is 6.03. The maximum atomic E-state index is 13.6. The molecule has 4 aromatic rings. The molecule has 3 aromatic carbocycles. The smallest absolute Gasteiger partial charge is 0.287 e. The second-order valence-electron chi connectivity index (χ2n) is 9.95. The van der Waals surface area contributed by atoms with E-state index in [1.807, 2.05) is 12.1 Å². The van der Waals surface area contributed by atoms with Crippen LogP contribution < -0.4 is 10.7 Å². The van der Waals surface area contributed by atoms with Gasteiger partial charge in [-0.15, -0.1) is 0 Å². The van der Waals surface area contributed by atoms with E-state index in [-0.39, 0.29) is 45.9 Å². The van der Waals surface area contributed by atoms with E-state index in [0.29, 0.717) is 41.8 Å². The third kappa shape index (κ3) is 6.07. The van der Waals surface area contributed by atoms with Gasteiger partial charge in [-0.3, -0.25) is 14.4 Å². The minimum absolute atomic E-state index is 0.0850. The van der Waals surface area contributed by atoms with Crippen LogP contribution in [0.5, 0.6) is 0 Å². The molecule has 9 heteroatoms. The second kappa shape index (κ2) is 12.0. The number of hydrogen-bond donors (Lipinski definition) is 1. The van der Waals surface area contributed by atoms with Crippen molar-refractivity contribution in [2.75, 3.05) is 6.54 Å². The summed E-state index contributed by atoms with van der Waals surface area (Å²) in [6, 6.07) is 18.9. The van der Waals surface area contributed by atoms with E-state index in [1.54, 1.807) is 41.3 Å². The SMILES string of the molecule is O=C(NC1CCN(C(=O)c2cc(CF)cc(CF)c2)C(Cc2ccc(Cl)cc2)C1)c1cc(=O)c2ccccc2o1. The number of carbonyl (C=O) groups is 2. The number of likely N-dealkylation sites (tertiary alicyclic amines) is 1. The van der Waals surface area contributed by atoms with E-state index in [4.69, 9.17) is 16.0 Å². The van der Waals surface area contributed by atoms with E-state index < -0.39 is 19.3 Å². The Hall–Kier alpha value is -4.04. The van der Waals surface area contributed by atoms with Gasteiger partial charge in [0.15, 0.2) is 11.2 Å². The van der Waals surface area contributed by atoms with E-state index in [1.165, 1.54) is 24.3 Å². The molecule has 2 heterocycles. The van der Waals surface area contributed by atoms with Crippen LogP contribution in [0.4, 0.5) is 8.78 Å². The molecular weight excluding hydrogens is 538 g/mol. The second-order valence-corrected chi connectivity index (χ2v) is 10.4. The molecule has 206 valence electrons. The molecule has 0 spiro atoms. The van der Waals surface area contributed by atoms with Crippen molar-refractivity contribution in [2.45, 2.75) is 44.7 Å². The summed E-state index contributed by atoms with van der Waals surface area (Å²) in [7, 11) is 0. The Kier molecular flexibility index (Phi) is 8.26. The quantitative estimate of drug-likeness (QED) is 0.297. The number of piperidine rings is 1. The van der Waals surface area contributed by atoms with Crippen molar-refractivity contribution in [3.8, 4) is 0 Å². The monoisotopic (exact) mass is 564 g/mol. The lowest BCUT2D eigenvalue weighted by atomic mass is 9.91. The van der Waals surface area contributed by atoms with Gasteiger partial charge < -0.3 is 14.6 Å². The van der Waals surface area contributed by atoms with Crippen LogP contribution in [0.15, 0.2) is 82.0 Å². The minimum Gasteiger partial charge on any atom is -0.451 e. The Bertz CT molecular complexity index is 1580. The number of para-hydroxylation sites is 1. The van der Waals surface area contributed by atoms with Crippen molar-refractivity contribution in [2.24, 2.45) is 0 Å². The van der Waals surface area contributed by atoms with Crippen LogP contribution in [-0.2, 0) is 19.8 Å². The molecule has 0 aliphatic carbocycles. The highest BCUT2D eigenvalue weighted by Gasteiger charge is 2.33. The highest BCUT2D eigenvalue weighted by Crippen LogP contribution is 2.26. The lowest BCUT2D eigenvalue weighted by molar-refractivity contribution is 0.0568. The van der Waals surface area contributed by atoms with Crippen LogP contribution in [-0.4, -0.2) is 35.3 Å². The first-order valence-electron chi connectivity index (χ1n) is 13.0. The van der Waals surface area contributed by atoms with Gasteiger partial charge in [0.1, 0.15) is 18.9 Å². The van der Waals surface area contributed by atoms with Gasteiger partial charge >= 0.3 is 0 Å². The molecule has 0 saturated carbocycles. The fraction of sp³-hybridized carbons (Fsp3) is 0.258. The van der Waals surface area contributed by atoms with Crippen molar-refractivity contribution >= 4 is 34.4 Å². The first-order valence-corrected chi connectivity index (χ1v) is 13.4. The summed E-state index contributed by atoms with van der Waals surface area (Å²) in [6.45, 7) is -1.29. The number of carbonyl (C=O) groups excluding carboxylic acids is 2. The Labute approximate surface area is 234 Å². The molecule has 1 N–H and O–H groups in total. The normalized spacial score (nSPS) is 17.1. The zero-order valence-electron chi connectivity index (χ0n) is 21.5. The number of benzene rings is 3. The zero-order chi connectivity index (χ0) is 28.2. The van der Waals surface area contributed by atoms with E-state index in [9.17, 15) is 23.2 Å². The highest BCUT2D eigenvalue weighted by atomic mass is 35.5. The van der Waals surface area contributed by atoms with Gasteiger partial charge in [-0.05, 0) is 72.4 Å². The largest absolute Gasteiger partial charge is 0.451 e. The summed E-state index contributed by atoms with van der Waals surface area (Å²) in [4.78, 5) is 40.9. The molecule has 2 atom stereocenters. The van der Waals surface area contributed by atoms with Crippen LogP contribution in [0, 0.1) is 0 Å². The van der Waals surface area contributed by atoms with Crippen molar-refractivity contribution in [1.29, 1.82) is 0 Å². The molecule has 2 amide bonds. The fourth-order valence-electron chi connectivity index (χ4n) is 5.21. The Morgan fingerprint density at radius 2 is 1.65 bits per heavy atom. The summed E-state index contributed by atoms with van der Waals surface area (Å²) in [5, 5.41) is 3.94. The number of halogens is 3. The third-order valence-electron chi connectivity index (χ3n) is 7.16. The molecule has 1 aromatic heterocycles. The number of rotatable bonds is 7. The number of alkyl halides is 2. The van der Waals surface area contributed by atoms with Gasteiger partial charge in [0.2, 0.25) is 0 Å². The molecule has 1 aliphatic heterocycles. The van der Waals surface area contributed by atoms with Gasteiger partial charge in [0.25, 0.3) is 11.8 Å². The standard InChI is InChI=1S/C31H27ClF2N2O4/c32-23-7-5-19(6-8-23)14-25-15-24(35-30(38)29-16-27(37)26-3-1-2-4-28(26)40-29)9-10-36(25)31(39)22-12-20(17-33)11-21(13-22)18-34/h1-8,11-13,16,24-25H,9-10,14-15,17-18H2,(H,35,38). The summed E-state index contributed by atoms with van der Waals surface area (Å²) in [6.07, 6.45) is 1.36. The van der Waals surface area contributed by atoms with Crippen LogP contribution in [0.2, 0.25) is 5.02 Å². The number of nitrogens with one attached hydrogen (secondary N) is 1. The number of hydrogen-bond acceptors (Lipinski definition) is 4. The van der Waals surface area contributed by atoms with Gasteiger partial charge in [-0.1, -0.05) is 41.9 Å². The molecule has 1 fully saturated rings. The lowest BCUT2D eigenvalue weighted by Gasteiger charge is -2.40. The maximum absolute atomic E-state index is 13.6. The summed E-state index contributed by atoms with van der Waals surface area (Å²) in [5.74, 6) is -0.923.